The largest absolute Gasteiger partial charge is 0.310 e. The molecule has 9 aromatic carbocycles. The number of hydrogen-bond donors (Lipinski definition) is 0. The van der Waals surface area contributed by atoms with Crippen LogP contribution in [-0.2, 0) is 10.8 Å². The summed E-state index contributed by atoms with van der Waals surface area (Å²) < 4.78 is 2.38. The Labute approximate surface area is 387 Å². The molecular formula is C64H48N2. The van der Waals surface area contributed by atoms with Crippen molar-refractivity contribution in [2.24, 2.45) is 5.92 Å². The van der Waals surface area contributed by atoms with Gasteiger partial charge in [0.25, 0.3) is 0 Å². The van der Waals surface area contributed by atoms with E-state index in [9.17, 15) is 0 Å². The number of anilines is 3. The van der Waals surface area contributed by atoms with E-state index in [2.05, 4.69) is 266 Å². The predicted molar refractivity (Wildman–Crippen MR) is 276 cm³/mol. The third-order valence-electron chi connectivity index (χ3n) is 15.1. The molecule has 2 heteroatoms. The van der Waals surface area contributed by atoms with Gasteiger partial charge in [0, 0.05) is 45.1 Å². The fraction of sp³-hybridized carbons (Fsp3) is 0.0938. The Morgan fingerprint density at radius 2 is 0.924 bits per heavy atom. The number of aromatic nitrogens is 1. The molecule has 1 spiro atoms. The van der Waals surface area contributed by atoms with Crippen LogP contribution in [0.4, 0.5) is 17.1 Å². The minimum Gasteiger partial charge on any atom is -0.310 e. The van der Waals surface area contributed by atoms with Gasteiger partial charge in [-0.15, -0.1) is 0 Å². The van der Waals surface area contributed by atoms with Gasteiger partial charge in [0.1, 0.15) is 0 Å². The highest BCUT2D eigenvalue weighted by Gasteiger charge is 2.58. The molecule has 3 aliphatic carbocycles. The molecule has 0 saturated carbocycles. The zero-order valence-corrected chi connectivity index (χ0v) is 37.1. The maximum atomic E-state index is 2.51. The molecule has 3 aliphatic rings. The molecule has 0 radical (unpaired) electrons. The van der Waals surface area contributed by atoms with Gasteiger partial charge in [0.2, 0.25) is 0 Å². The van der Waals surface area contributed by atoms with Crippen LogP contribution in [0.25, 0.3) is 49.7 Å². The Morgan fingerprint density at radius 1 is 0.409 bits per heavy atom. The molecule has 314 valence electrons. The number of para-hydroxylation sites is 2. The molecule has 0 amide bonds. The Bertz CT molecular complexity index is 3500. The molecule has 1 heterocycles. The molecule has 1 aromatic heterocycles. The van der Waals surface area contributed by atoms with Gasteiger partial charge < -0.3 is 9.47 Å². The normalized spacial score (nSPS) is 17.1. The standard InChI is InChI=1S/C64H48N2/c1-63(2)54-25-12-14-27-56(54)64(57-28-15-13-26-55(57)63)53-24-11-9-23-51(53)62-58(64)29-17-31-61(62)65(48-37-32-44(33-38-48)43-18-5-3-6-19-43)49-39-34-45(35-40-49)46-36-41-60-52(42-46)50-22-10-16-30-59(50)66(60)47-20-7-4-8-21-47/h3-42,51,53H,1-2H3. The summed E-state index contributed by atoms with van der Waals surface area (Å²) >= 11 is 0. The highest BCUT2D eigenvalue weighted by Crippen LogP contribution is 2.66. The van der Waals surface area contributed by atoms with E-state index in [-0.39, 0.29) is 22.7 Å². The summed E-state index contributed by atoms with van der Waals surface area (Å²) in [7, 11) is 0. The first-order chi connectivity index (χ1) is 32.5. The maximum absolute atomic E-state index is 2.51. The van der Waals surface area contributed by atoms with Crippen molar-refractivity contribution in [2.75, 3.05) is 4.90 Å². The third kappa shape index (κ3) is 5.55. The van der Waals surface area contributed by atoms with Crippen LogP contribution in [0.1, 0.15) is 53.1 Å². The van der Waals surface area contributed by atoms with E-state index < -0.39 is 0 Å². The molecular weight excluding hydrogens is 797 g/mol. The van der Waals surface area contributed by atoms with Crippen LogP contribution in [0.5, 0.6) is 0 Å². The predicted octanol–water partition coefficient (Wildman–Crippen LogP) is 16.4. The fourth-order valence-corrected chi connectivity index (χ4v) is 12.3. The SMILES string of the molecule is CC1(C)c2ccccc2C2(c3ccccc31)c1cccc(N(c3ccc(-c4ccccc4)cc3)c3ccc(-c4ccc5c(c4)c4ccccc4n5-c4ccccc4)cc3)c1C1C=CC=CC12. The van der Waals surface area contributed by atoms with Crippen LogP contribution >= 0.6 is 0 Å². The van der Waals surface area contributed by atoms with Gasteiger partial charge in [0.15, 0.2) is 0 Å². The Hall–Kier alpha value is -7.94. The second-order valence-corrected chi connectivity index (χ2v) is 18.8. The molecule has 0 saturated heterocycles. The molecule has 2 nitrogen and oxygen atoms in total. The van der Waals surface area contributed by atoms with Gasteiger partial charge in [-0.3, -0.25) is 0 Å². The lowest BCUT2D eigenvalue weighted by molar-refractivity contribution is 0.420. The Morgan fingerprint density at radius 3 is 1.61 bits per heavy atom. The minimum atomic E-state index is -0.366. The maximum Gasteiger partial charge on any atom is 0.0541 e. The second-order valence-electron chi connectivity index (χ2n) is 18.8. The number of fused-ring (bicyclic) bond motifs is 12. The summed E-state index contributed by atoms with van der Waals surface area (Å²) in [6, 6.07) is 81.2. The van der Waals surface area contributed by atoms with Gasteiger partial charge in [0.05, 0.1) is 22.1 Å². The van der Waals surface area contributed by atoms with Crippen LogP contribution < -0.4 is 4.90 Å². The average molecular weight is 845 g/mol. The first kappa shape index (κ1) is 38.5. The zero-order chi connectivity index (χ0) is 44.0. The first-order valence-corrected chi connectivity index (χ1v) is 23.3. The van der Waals surface area contributed by atoms with Crippen molar-refractivity contribution < 1.29 is 0 Å². The molecule has 10 aromatic rings. The molecule has 66 heavy (non-hydrogen) atoms. The van der Waals surface area contributed by atoms with E-state index in [1.54, 1.807) is 0 Å². The third-order valence-corrected chi connectivity index (χ3v) is 15.1. The van der Waals surface area contributed by atoms with E-state index in [1.165, 1.54) is 88.8 Å². The molecule has 2 unspecified atom stereocenters. The highest BCUT2D eigenvalue weighted by atomic mass is 15.1. The van der Waals surface area contributed by atoms with Gasteiger partial charge in [-0.25, -0.2) is 0 Å². The number of rotatable bonds is 6. The van der Waals surface area contributed by atoms with Crippen LogP contribution in [0.2, 0.25) is 0 Å². The molecule has 0 fully saturated rings. The fourth-order valence-electron chi connectivity index (χ4n) is 12.3. The number of allylic oxidation sites excluding steroid dienone is 4. The van der Waals surface area contributed by atoms with Gasteiger partial charge in [-0.2, -0.15) is 0 Å². The zero-order valence-electron chi connectivity index (χ0n) is 37.1. The number of hydrogen-bond acceptors (Lipinski definition) is 1. The second kappa shape index (κ2) is 14.8. The summed E-state index contributed by atoms with van der Waals surface area (Å²) in [6.07, 6.45) is 9.53. The van der Waals surface area contributed by atoms with E-state index in [4.69, 9.17) is 0 Å². The van der Waals surface area contributed by atoms with Gasteiger partial charge in [-0.1, -0.05) is 196 Å². The Kier molecular flexibility index (Phi) is 8.64. The smallest absolute Gasteiger partial charge is 0.0541 e. The van der Waals surface area contributed by atoms with Crippen molar-refractivity contribution in [3.63, 3.8) is 0 Å². The Balaban J connectivity index is 0.994. The summed E-state index contributed by atoms with van der Waals surface area (Å²) in [5.74, 6) is 0.364. The summed E-state index contributed by atoms with van der Waals surface area (Å²) in [6.45, 7) is 4.81. The number of benzene rings is 9. The van der Waals surface area contributed by atoms with Crippen LogP contribution in [-0.4, -0.2) is 4.57 Å². The first-order valence-electron chi connectivity index (χ1n) is 23.3. The van der Waals surface area contributed by atoms with Crippen LogP contribution in [0.3, 0.4) is 0 Å². The van der Waals surface area contributed by atoms with Gasteiger partial charge >= 0.3 is 0 Å². The molecule has 0 N–H and O–H groups in total. The molecule has 0 aliphatic heterocycles. The summed E-state index contributed by atoms with van der Waals surface area (Å²) in [5.41, 5.74) is 19.8. The quantitative estimate of drug-likeness (QED) is 0.162. The summed E-state index contributed by atoms with van der Waals surface area (Å²) in [5, 5.41) is 2.51. The van der Waals surface area contributed by atoms with Crippen molar-refractivity contribution in [2.45, 2.75) is 30.6 Å². The lowest BCUT2D eigenvalue weighted by Crippen LogP contribution is -2.44. The highest BCUT2D eigenvalue weighted by molar-refractivity contribution is 6.10. The van der Waals surface area contributed by atoms with Crippen LogP contribution in [0.15, 0.2) is 243 Å². The minimum absolute atomic E-state index is 0.139. The lowest BCUT2D eigenvalue weighted by Gasteiger charge is -2.49. The van der Waals surface area contributed by atoms with Crippen molar-refractivity contribution in [3.05, 3.63) is 276 Å². The van der Waals surface area contributed by atoms with Gasteiger partial charge in [-0.05, 0) is 116 Å². The topological polar surface area (TPSA) is 8.17 Å². The van der Waals surface area contributed by atoms with Crippen molar-refractivity contribution >= 4 is 38.9 Å². The van der Waals surface area contributed by atoms with Crippen molar-refractivity contribution in [3.8, 4) is 27.9 Å². The number of nitrogens with zero attached hydrogens (tertiary/aromatic N) is 2. The van der Waals surface area contributed by atoms with Crippen molar-refractivity contribution in [1.29, 1.82) is 0 Å². The summed E-state index contributed by atoms with van der Waals surface area (Å²) in [4.78, 5) is 2.51. The lowest BCUT2D eigenvalue weighted by atomic mass is 9.53. The van der Waals surface area contributed by atoms with Crippen molar-refractivity contribution in [1.82, 2.24) is 4.57 Å². The van der Waals surface area contributed by atoms with E-state index in [0.29, 0.717) is 0 Å². The van der Waals surface area contributed by atoms with E-state index >= 15 is 0 Å². The van der Waals surface area contributed by atoms with Crippen LogP contribution in [0, 0.1) is 5.92 Å². The van der Waals surface area contributed by atoms with E-state index in [1.807, 2.05) is 0 Å². The molecule has 13 rings (SSSR count). The van der Waals surface area contributed by atoms with E-state index in [0.717, 1.165) is 11.4 Å². The molecule has 0 bridgehead atoms. The molecule has 2 atom stereocenters. The average Bonchev–Trinajstić information content (AvgIpc) is 3.88. The monoisotopic (exact) mass is 844 g/mol.